The van der Waals surface area contributed by atoms with Crippen LogP contribution in [0.15, 0.2) is 24.3 Å². The number of aliphatic hydroxyl groups is 1. The zero-order valence-corrected chi connectivity index (χ0v) is 40.6. The molecule has 0 aliphatic rings. The molecule has 0 fully saturated rings. The standard InChI is InChI=1S/C50H99N2O6P/c1-6-8-10-12-14-16-18-20-22-24-25-26-27-28-30-32-34-36-38-40-42-44-50(54)51-48(47-58-59(55,56)57-46-45-52(3,4)5)49(53)43-41-39-37-35-33-31-29-23-21-19-17-15-13-11-9-7-2/h26-27,41,43,48-49,53H,6-25,28-40,42,44-47H2,1-5H3,(H-,51,54,55,56)/b27-26-,43-41+. The summed E-state index contributed by atoms with van der Waals surface area (Å²) < 4.78 is 23.3. The SMILES string of the molecule is CCCCCCCCCCCC/C=C\CCCCCCCCCC(=O)NC(COP(=O)([O-])OCC[N+](C)(C)C)C(O)/C=C/CCCCCCCCCCCCCCCC. The third kappa shape index (κ3) is 44.8. The Hall–Kier alpha value is -1.02. The third-order valence-corrected chi connectivity index (χ3v) is 12.4. The van der Waals surface area contributed by atoms with Crippen molar-refractivity contribution in [1.29, 1.82) is 0 Å². The maximum Gasteiger partial charge on any atom is 0.268 e. The molecule has 0 aliphatic heterocycles. The lowest BCUT2D eigenvalue weighted by atomic mass is 10.0. The van der Waals surface area contributed by atoms with E-state index in [0.717, 1.165) is 38.5 Å². The second-order valence-electron chi connectivity index (χ2n) is 18.5. The highest BCUT2D eigenvalue weighted by molar-refractivity contribution is 7.45. The minimum absolute atomic E-state index is 0.000518. The Morgan fingerprint density at radius 1 is 0.576 bits per heavy atom. The summed E-state index contributed by atoms with van der Waals surface area (Å²) in [7, 11) is 1.26. The van der Waals surface area contributed by atoms with Crippen molar-refractivity contribution >= 4 is 13.7 Å². The van der Waals surface area contributed by atoms with Gasteiger partial charge in [0.2, 0.25) is 5.91 Å². The predicted molar refractivity (Wildman–Crippen MR) is 252 cm³/mol. The summed E-state index contributed by atoms with van der Waals surface area (Å²) in [5.74, 6) is -0.200. The lowest BCUT2D eigenvalue weighted by Crippen LogP contribution is -2.45. The van der Waals surface area contributed by atoms with Crippen molar-refractivity contribution < 1.29 is 32.9 Å². The number of phosphoric acid groups is 1. The molecular weight excluding hydrogens is 756 g/mol. The van der Waals surface area contributed by atoms with Gasteiger partial charge in [-0.3, -0.25) is 9.36 Å². The summed E-state index contributed by atoms with van der Waals surface area (Å²) in [5, 5.41) is 13.8. The largest absolute Gasteiger partial charge is 0.756 e. The number of unbranched alkanes of at least 4 members (excludes halogenated alkanes) is 31. The zero-order valence-electron chi connectivity index (χ0n) is 39.7. The fraction of sp³-hybridized carbons (Fsp3) is 0.900. The predicted octanol–water partition coefficient (Wildman–Crippen LogP) is 13.8. The van der Waals surface area contributed by atoms with Crippen LogP contribution in [-0.4, -0.2) is 68.5 Å². The Labute approximate surface area is 366 Å². The van der Waals surface area contributed by atoms with Crippen LogP contribution in [-0.2, 0) is 18.4 Å². The zero-order chi connectivity index (χ0) is 43.6. The van der Waals surface area contributed by atoms with E-state index in [0.29, 0.717) is 17.4 Å². The number of carbonyl (C=O) groups excluding carboxylic acids is 1. The summed E-state index contributed by atoms with van der Waals surface area (Å²) in [4.78, 5) is 25.4. The number of allylic oxidation sites excluding steroid dienone is 3. The number of phosphoric ester groups is 1. The van der Waals surface area contributed by atoms with Crippen molar-refractivity contribution in [1.82, 2.24) is 5.32 Å². The first-order valence-corrected chi connectivity index (χ1v) is 26.7. The number of likely N-dealkylation sites (N-methyl/N-ethyl adjacent to an activating group) is 1. The molecule has 2 N–H and O–H groups in total. The second-order valence-corrected chi connectivity index (χ2v) is 19.9. The van der Waals surface area contributed by atoms with Gasteiger partial charge in [-0.05, 0) is 44.9 Å². The molecule has 0 spiro atoms. The summed E-state index contributed by atoms with van der Waals surface area (Å²) >= 11 is 0. The highest BCUT2D eigenvalue weighted by Gasteiger charge is 2.23. The molecule has 3 unspecified atom stereocenters. The molecule has 0 saturated carbocycles. The molecule has 1 amide bonds. The van der Waals surface area contributed by atoms with Crippen LogP contribution in [0.5, 0.6) is 0 Å². The van der Waals surface area contributed by atoms with Crippen LogP contribution in [0.25, 0.3) is 0 Å². The second kappa shape index (κ2) is 42.3. The van der Waals surface area contributed by atoms with E-state index in [9.17, 15) is 19.4 Å². The molecule has 8 nitrogen and oxygen atoms in total. The Balaban J connectivity index is 4.31. The maximum atomic E-state index is 12.9. The van der Waals surface area contributed by atoms with Gasteiger partial charge in [0.1, 0.15) is 13.2 Å². The van der Waals surface area contributed by atoms with E-state index in [4.69, 9.17) is 9.05 Å². The topological polar surface area (TPSA) is 108 Å². The number of nitrogens with one attached hydrogen (secondary N) is 1. The molecule has 0 aliphatic carbocycles. The molecule has 0 aromatic carbocycles. The van der Waals surface area contributed by atoms with E-state index in [1.54, 1.807) is 6.08 Å². The van der Waals surface area contributed by atoms with Gasteiger partial charge in [0.15, 0.2) is 0 Å². The number of aliphatic hydroxyl groups excluding tert-OH is 1. The van der Waals surface area contributed by atoms with Gasteiger partial charge < -0.3 is 28.8 Å². The first-order chi connectivity index (χ1) is 28.5. The minimum atomic E-state index is -4.59. The van der Waals surface area contributed by atoms with Crippen LogP contribution in [0.4, 0.5) is 0 Å². The maximum absolute atomic E-state index is 12.9. The van der Waals surface area contributed by atoms with Gasteiger partial charge in [-0.25, -0.2) is 0 Å². The first-order valence-electron chi connectivity index (χ1n) is 25.2. The van der Waals surface area contributed by atoms with Gasteiger partial charge in [0, 0.05) is 6.42 Å². The Morgan fingerprint density at radius 2 is 0.932 bits per heavy atom. The average molecular weight is 855 g/mol. The van der Waals surface area contributed by atoms with Crippen LogP contribution >= 0.6 is 7.82 Å². The number of amides is 1. The fourth-order valence-electron chi connectivity index (χ4n) is 7.38. The van der Waals surface area contributed by atoms with Gasteiger partial charge >= 0.3 is 0 Å². The summed E-state index contributed by atoms with van der Waals surface area (Å²) in [5.41, 5.74) is 0. The van der Waals surface area contributed by atoms with Crippen molar-refractivity contribution in [3.63, 3.8) is 0 Å². The van der Waals surface area contributed by atoms with Crippen molar-refractivity contribution in [2.24, 2.45) is 0 Å². The number of nitrogens with zero attached hydrogens (tertiary/aromatic N) is 1. The fourth-order valence-corrected chi connectivity index (χ4v) is 8.11. The molecule has 9 heteroatoms. The molecule has 3 atom stereocenters. The smallest absolute Gasteiger partial charge is 0.268 e. The van der Waals surface area contributed by atoms with Crippen LogP contribution in [0.2, 0.25) is 0 Å². The molecule has 0 saturated heterocycles. The molecule has 0 bridgehead atoms. The van der Waals surface area contributed by atoms with Gasteiger partial charge in [-0.2, -0.15) is 0 Å². The van der Waals surface area contributed by atoms with Gasteiger partial charge in [0.05, 0.1) is 39.9 Å². The van der Waals surface area contributed by atoms with Crippen LogP contribution in [0, 0.1) is 0 Å². The van der Waals surface area contributed by atoms with Crippen LogP contribution in [0.3, 0.4) is 0 Å². The van der Waals surface area contributed by atoms with Crippen molar-refractivity contribution in [3.05, 3.63) is 24.3 Å². The van der Waals surface area contributed by atoms with E-state index in [-0.39, 0.29) is 19.1 Å². The molecular formula is C50H99N2O6P. The quantitative estimate of drug-likeness (QED) is 0.0273. The van der Waals surface area contributed by atoms with E-state index >= 15 is 0 Å². The molecule has 0 rings (SSSR count). The van der Waals surface area contributed by atoms with Crippen molar-refractivity contribution in [3.8, 4) is 0 Å². The monoisotopic (exact) mass is 855 g/mol. The summed E-state index contributed by atoms with van der Waals surface area (Å²) in [6.07, 6.45) is 50.8. The average Bonchev–Trinajstić information content (AvgIpc) is 3.19. The minimum Gasteiger partial charge on any atom is -0.756 e. The van der Waals surface area contributed by atoms with Crippen molar-refractivity contribution in [2.45, 2.75) is 251 Å². The molecule has 0 radical (unpaired) electrons. The molecule has 0 heterocycles. The summed E-state index contributed by atoms with van der Waals surface area (Å²) in [6.45, 7) is 4.66. The summed E-state index contributed by atoms with van der Waals surface area (Å²) in [6, 6.07) is -0.886. The lowest BCUT2D eigenvalue weighted by molar-refractivity contribution is -0.870. The van der Waals surface area contributed by atoms with E-state index in [1.807, 2.05) is 27.2 Å². The number of rotatable bonds is 46. The van der Waals surface area contributed by atoms with E-state index in [1.165, 1.54) is 180 Å². The number of carbonyl (C=O) groups is 1. The molecule has 0 aromatic heterocycles. The van der Waals surface area contributed by atoms with E-state index < -0.39 is 20.0 Å². The van der Waals surface area contributed by atoms with Gasteiger partial charge in [0.25, 0.3) is 7.82 Å². The molecule has 59 heavy (non-hydrogen) atoms. The molecule has 350 valence electrons. The highest BCUT2D eigenvalue weighted by atomic mass is 31.2. The third-order valence-electron chi connectivity index (χ3n) is 11.4. The Bertz CT molecular complexity index is 1020. The Morgan fingerprint density at radius 3 is 1.32 bits per heavy atom. The first kappa shape index (κ1) is 58.0. The molecule has 0 aromatic rings. The number of hydrogen-bond acceptors (Lipinski definition) is 6. The lowest BCUT2D eigenvalue weighted by Gasteiger charge is -2.29. The van der Waals surface area contributed by atoms with Gasteiger partial charge in [-0.1, -0.05) is 212 Å². The van der Waals surface area contributed by atoms with Gasteiger partial charge in [-0.15, -0.1) is 0 Å². The van der Waals surface area contributed by atoms with Crippen LogP contribution < -0.4 is 10.2 Å². The normalized spacial score (nSPS) is 14.4. The number of quaternary nitrogens is 1. The van der Waals surface area contributed by atoms with Crippen LogP contribution in [0.1, 0.15) is 239 Å². The van der Waals surface area contributed by atoms with Crippen molar-refractivity contribution in [2.75, 3.05) is 40.9 Å². The van der Waals surface area contributed by atoms with E-state index in [2.05, 4.69) is 31.3 Å². The highest BCUT2D eigenvalue weighted by Crippen LogP contribution is 2.38. The Kier molecular flexibility index (Phi) is 41.6. The number of hydrogen-bond donors (Lipinski definition) is 2.